The number of benzene rings is 1. The van der Waals surface area contributed by atoms with Crippen molar-refractivity contribution in [3.05, 3.63) is 41.7 Å². The van der Waals surface area contributed by atoms with Gasteiger partial charge in [0, 0.05) is 43.8 Å². The summed E-state index contributed by atoms with van der Waals surface area (Å²) in [5.74, 6) is -0.490. The highest BCUT2D eigenvalue weighted by atomic mass is 35.5. The summed E-state index contributed by atoms with van der Waals surface area (Å²) in [4.78, 5) is 39.3. The largest absolute Gasteiger partial charge is 0.497 e. The van der Waals surface area contributed by atoms with E-state index >= 15 is 0 Å². The number of hydrogen-bond acceptors (Lipinski definition) is 10. The molecular weight excluding hydrogens is 486 g/mol. The second-order valence-electron chi connectivity index (χ2n) is 7.37. The van der Waals surface area contributed by atoms with Crippen LogP contribution in [0.25, 0.3) is 11.1 Å². The smallest absolute Gasteiger partial charge is 0.303 e. The second kappa shape index (κ2) is 11.4. The summed E-state index contributed by atoms with van der Waals surface area (Å²) < 4.78 is 27.4. The van der Waals surface area contributed by atoms with Gasteiger partial charge >= 0.3 is 17.9 Å². The summed E-state index contributed by atoms with van der Waals surface area (Å²) >= 11 is 7.65. The molecule has 9 nitrogen and oxygen atoms in total. The van der Waals surface area contributed by atoms with Crippen molar-refractivity contribution in [2.45, 2.75) is 44.5 Å². The van der Waals surface area contributed by atoms with E-state index in [2.05, 4.69) is 4.98 Å². The number of pyridine rings is 1. The maximum absolute atomic E-state index is 11.8. The fourth-order valence-electron chi connectivity index (χ4n) is 3.43. The number of carbonyl (C=O) groups is 3. The molecule has 1 fully saturated rings. The Bertz CT molecular complexity index is 1070. The zero-order chi connectivity index (χ0) is 24.8. The van der Waals surface area contributed by atoms with Crippen LogP contribution in [0.4, 0.5) is 0 Å². The highest BCUT2D eigenvalue weighted by molar-refractivity contribution is 7.99. The van der Waals surface area contributed by atoms with Gasteiger partial charge in [0.25, 0.3) is 0 Å². The molecule has 0 saturated carbocycles. The number of hydrogen-bond donors (Lipinski definition) is 0. The first-order chi connectivity index (χ1) is 16.2. The number of thioether (sulfide) groups is 1. The van der Waals surface area contributed by atoms with Crippen molar-refractivity contribution in [2.75, 3.05) is 12.9 Å². The van der Waals surface area contributed by atoms with Crippen LogP contribution in [0.5, 0.6) is 11.5 Å². The van der Waals surface area contributed by atoms with Gasteiger partial charge in [0.2, 0.25) is 0 Å². The Morgan fingerprint density at radius 2 is 1.62 bits per heavy atom. The molecule has 0 unspecified atom stereocenters. The van der Waals surface area contributed by atoms with Crippen LogP contribution < -0.4 is 9.47 Å². The lowest BCUT2D eigenvalue weighted by atomic mass is 10.1. The molecule has 11 heteroatoms. The maximum Gasteiger partial charge on any atom is 0.303 e. The molecule has 4 atom stereocenters. The van der Waals surface area contributed by atoms with Crippen LogP contribution in [0.1, 0.15) is 20.8 Å². The monoisotopic (exact) mass is 509 g/mol. The van der Waals surface area contributed by atoms with Crippen LogP contribution in [-0.2, 0) is 28.6 Å². The zero-order valence-electron chi connectivity index (χ0n) is 19.0. The maximum atomic E-state index is 11.8. The van der Waals surface area contributed by atoms with Gasteiger partial charge in [-0.05, 0) is 24.3 Å². The number of nitrogens with zero attached hydrogens (tertiary/aromatic N) is 1. The van der Waals surface area contributed by atoms with Crippen molar-refractivity contribution in [1.82, 2.24) is 4.98 Å². The van der Waals surface area contributed by atoms with Crippen molar-refractivity contribution in [3.63, 3.8) is 0 Å². The van der Waals surface area contributed by atoms with Crippen LogP contribution >= 0.6 is 23.4 Å². The summed E-state index contributed by atoms with van der Waals surface area (Å²) in [7, 11) is 1.55. The van der Waals surface area contributed by atoms with Crippen LogP contribution in [-0.4, -0.2) is 59.5 Å². The van der Waals surface area contributed by atoms with Crippen LogP contribution in [0, 0.1) is 0 Å². The van der Waals surface area contributed by atoms with Gasteiger partial charge in [-0.1, -0.05) is 11.6 Å². The Kier molecular flexibility index (Phi) is 8.62. The molecule has 0 radical (unpaired) electrons. The van der Waals surface area contributed by atoms with Gasteiger partial charge in [-0.3, -0.25) is 19.4 Å². The van der Waals surface area contributed by atoms with Gasteiger partial charge in [-0.15, -0.1) is 11.8 Å². The van der Waals surface area contributed by atoms with Crippen LogP contribution in [0.15, 0.2) is 36.7 Å². The minimum Gasteiger partial charge on any atom is -0.497 e. The third kappa shape index (κ3) is 6.54. The predicted octanol–water partition coefficient (Wildman–Crippen LogP) is 3.66. The van der Waals surface area contributed by atoms with E-state index < -0.39 is 41.7 Å². The molecule has 3 rings (SSSR count). The van der Waals surface area contributed by atoms with Crippen LogP contribution in [0.3, 0.4) is 0 Å². The van der Waals surface area contributed by atoms with Crippen molar-refractivity contribution in [3.8, 4) is 22.6 Å². The molecule has 0 amide bonds. The number of esters is 3. The van der Waals surface area contributed by atoms with Crippen molar-refractivity contribution in [2.24, 2.45) is 0 Å². The van der Waals surface area contributed by atoms with E-state index in [9.17, 15) is 14.4 Å². The van der Waals surface area contributed by atoms with Gasteiger partial charge in [-0.25, -0.2) is 0 Å². The molecule has 182 valence electrons. The molecule has 1 saturated heterocycles. The lowest BCUT2D eigenvalue weighted by molar-refractivity contribution is -0.186. The zero-order valence-corrected chi connectivity index (χ0v) is 20.6. The SMILES string of the molecule is COc1ccc(-c2cncc(O[C@H]3SC[C@@H](OC(C)=O)[C@H](OC(C)=O)[C@H]3OC(C)=O)c2)c(Cl)c1. The molecular formula is C23H24ClNO8S. The van der Waals surface area contributed by atoms with E-state index in [1.807, 2.05) is 0 Å². The van der Waals surface area contributed by atoms with E-state index in [-0.39, 0.29) is 5.75 Å². The van der Waals surface area contributed by atoms with Gasteiger partial charge in [0.15, 0.2) is 23.7 Å². The number of carbonyl (C=O) groups excluding carboxylic acids is 3. The van der Waals surface area contributed by atoms with Gasteiger partial charge in [0.05, 0.1) is 18.3 Å². The Balaban J connectivity index is 1.88. The fraction of sp³-hybridized carbons (Fsp3) is 0.391. The standard InChI is InChI=1S/C23H24ClNO8S/c1-12(26)30-20-11-34-23(22(32-14(3)28)21(20)31-13(2)27)33-17-7-15(9-25-10-17)18-6-5-16(29-4)8-19(18)24/h5-10,20-23H,11H2,1-4H3/t20-,21+,22-,23+/m1/s1. The predicted molar refractivity (Wildman–Crippen MR) is 125 cm³/mol. The highest BCUT2D eigenvalue weighted by Gasteiger charge is 2.47. The first-order valence-electron chi connectivity index (χ1n) is 10.3. The van der Waals surface area contributed by atoms with E-state index in [0.29, 0.717) is 22.1 Å². The fourth-order valence-corrected chi connectivity index (χ4v) is 4.93. The van der Waals surface area contributed by atoms with E-state index in [1.165, 1.54) is 38.7 Å². The molecule has 0 N–H and O–H groups in total. The number of halogens is 1. The number of methoxy groups -OCH3 is 1. The van der Waals surface area contributed by atoms with Crippen molar-refractivity contribution < 1.29 is 38.1 Å². The Morgan fingerprint density at radius 1 is 0.941 bits per heavy atom. The first kappa shape index (κ1) is 25.6. The number of aromatic nitrogens is 1. The molecule has 1 aliphatic heterocycles. The first-order valence-corrected chi connectivity index (χ1v) is 11.7. The third-order valence-corrected chi connectivity index (χ3v) is 6.28. The summed E-state index contributed by atoms with van der Waals surface area (Å²) in [6, 6.07) is 7.02. The van der Waals surface area contributed by atoms with Crippen molar-refractivity contribution in [1.29, 1.82) is 0 Å². The average molecular weight is 510 g/mol. The average Bonchev–Trinajstić information content (AvgIpc) is 2.76. The molecule has 2 heterocycles. The molecule has 1 aromatic carbocycles. The molecule has 0 spiro atoms. The molecule has 1 aromatic heterocycles. The van der Waals surface area contributed by atoms with Gasteiger partial charge < -0.3 is 23.7 Å². The summed E-state index contributed by atoms with van der Waals surface area (Å²) in [6.45, 7) is 3.70. The van der Waals surface area contributed by atoms with Crippen molar-refractivity contribution >= 4 is 41.3 Å². The quantitative estimate of drug-likeness (QED) is 0.405. The number of rotatable bonds is 7. The summed E-state index contributed by atoms with van der Waals surface area (Å²) in [6.07, 6.45) is 0.265. The Hall–Kier alpha value is -2.98. The third-order valence-electron chi connectivity index (χ3n) is 4.76. The van der Waals surface area contributed by atoms with Gasteiger partial charge in [0.1, 0.15) is 11.5 Å². The molecule has 0 aliphatic carbocycles. The lowest BCUT2D eigenvalue weighted by Gasteiger charge is -2.39. The minimum atomic E-state index is -1.04. The Labute approximate surface area is 206 Å². The van der Waals surface area contributed by atoms with E-state index in [1.54, 1.807) is 37.6 Å². The molecule has 0 bridgehead atoms. The topological polar surface area (TPSA) is 110 Å². The molecule has 34 heavy (non-hydrogen) atoms. The summed E-state index contributed by atoms with van der Waals surface area (Å²) in [5.41, 5.74) is 0.661. The highest BCUT2D eigenvalue weighted by Crippen LogP contribution is 2.36. The molecule has 1 aliphatic rings. The number of ether oxygens (including phenoxy) is 5. The van der Waals surface area contributed by atoms with E-state index in [0.717, 1.165) is 5.56 Å². The normalized spacial score (nSPS) is 21.8. The second-order valence-corrected chi connectivity index (χ2v) is 8.91. The molecule has 2 aromatic rings. The Morgan fingerprint density at radius 3 is 2.24 bits per heavy atom. The van der Waals surface area contributed by atoms with E-state index in [4.69, 9.17) is 35.3 Å². The summed E-state index contributed by atoms with van der Waals surface area (Å²) in [5, 5.41) is 0.474. The van der Waals surface area contributed by atoms with Crippen LogP contribution in [0.2, 0.25) is 5.02 Å². The lowest BCUT2D eigenvalue weighted by Crippen LogP contribution is -2.55. The van der Waals surface area contributed by atoms with Gasteiger partial charge in [-0.2, -0.15) is 0 Å². The minimum absolute atomic E-state index is 0.261.